The maximum atomic E-state index is 14.1. The quantitative estimate of drug-likeness (QED) is 0.321. The number of thioether (sulfide) groups is 1. The molecule has 174 valence electrons. The number of halogens is 1. The van der Waals surface area contributed by atoms with E-state index in [-0.39, 0.29) is 17.4 Å². The number of ether oxygens (including phenoxy) is 1. The van der Waals surface area contributed by atoms with Crippen molar-refractivity contribution in [3.05, 3.63) is 95.6 Å². The highest BCUT2D eigenvalue weighted by atomic mass is 32.2. The third-order valence-corrected chi connectivity index (χ3v) is 6.18. The maximum absolute atomic E-state index is 14.1. The molecule has 0 spiro atoms. The van der Waals surface area contributed by atoms with Gasteiger partial charge in [-0.1, -0.05) is 60.3 Å². The van der Waals surface area contributed by atoms with Crippen LogP contribution in [-0.2, 0) is 4.79 Å². The molecule has 34 heavy (non-hydrogen) atoms. The molecule has 0 aliphatic carbocycles. The fraction of sp³-hybridized carbons (Fsp3) is 0.192. The third kappa shape index (κ3) is 5.28. The molecule has 1 heterocycles. The van der Waals surface area contributed by atoms with Crippen molar-refractivity contribution >= 4 is 23.4 Å². The Kier molecular flexibility index (Phi) is 7.27. The first-order valence-corrected chi connectivity index (χ1v) is 11.8. The largest absolute Gasteiger partial charge is 0.480 e. The first-order chi connectivity index (χ1) is 16.4. The number of nitrogens with zero attached hydrogens (tertiary/aromatic N) is 3. The Balaban J connectivity index is 1.56. The number of carbonyl (C=O) groups is 1. The molecule has 0 bridgehead atoms. The number of hydrogen-bond donors (Lipinski definition) is 1. The van der Waals surface area contributed by atoms with Crippen LogP contribution in [0.25, 0.3) is 5.69 Å². The summed E-state index contributed by atoms with van der Waals surface area (Å²) in [5, 5.41) is 12.2. The highest BCUT2D eigenvalue weighted by Gasteiger charge is 2.22. The van der Waals surface area contributed by atoms with Crippen molar-refractivity contribution in [1.82, 2.24) is 14.8 Å². The minimum Gasteiger partial charge on any atom is -0.480 e. The highest BCUT2D eigenvalue weighted by molar-refractivity contribution is 7.99. The molecular weight excluding hydrogens is 451 g/mol. The summed E-state index contributed by atoms with van der Waals surface area (Å²) >= 11 is 1.28. The van der Waals surface area contributed by atoms with E-state index in [9.17, 15) is 9.18 Å². The van der Waals surface area contributed by atoms with E-state index in [2.05, 4.69) is 15.5 Å². The standard InChI is InChI=1S/C26H25FN4O2S/c1-17-10-9-11-18(2)24(17)28-23(32)16-34-26-30-29-25(31(26)20-12-5-4-6-13-20)19(3)33-22-15-8-7-14-21(22)27/h4-15,19H,16H2,1-3H3,(H,28,32). The van der Waals surface area contributed by atoms with Crippen molar-refractivity contribution in [2.24, 2.45) is 0 Å². The van der Waals surface area contributed by atoms with Crippen molar-refractivity contribution in [3.8, 4) is 11.4 Å². The van der Waals surface area contributed by atoms with Gasteiger partial charge in [-0.25, -0.2) is 4.39 Å². The smallest absolute Gasteiger partial charge is 0.234 e. The van der Waals surface area contributed by atoms with E-state index in [0.717, 1.165) is 22.5 Å². The second kappa shape index (κ2) is 10.5. The molecule has 0 saturated heterocycles. The van der Waals surface area contributed by atoms with Crippen LogP contribution in [0.5, 0.6) is 5.75 Å². The van der Waals surface area contributed by atoms with Gasteiger partial charge in [-0.05, 0) is 56.2 Å². The van der Waals surface area contributed by atoms with Crippen LogP contribution in [0.4, 0.5) is 10.1 Å². The summed E-state index contributed by atoms with van der Waals surface area (Å²) in [6.07, 6.45) is -0.581. The van der Waals surface area contributed by atoms with Gasteiger partial charge in [-0.15, -0.1) is 10.2 Å². The Hall–Kier alpha value is -3.65. The number of hydrogen-bond acceptors (Lipinski definition) is 5. The average molecular weight is 477 g/mol. The lowest BCUT2D eigenvalue weighted by molar-refractivity contribution is -0.113. The molecule has 0 fully saturated rings. The zero-order valence-corrected chi connectivity index (χ0v) is 20.0. The number of carbonyl (C=O) groups excluding carboxylic acids is 1. The molecule has 3 aromatic carbocycles. The van der Waals surface area contributed by atoms with Crippen LogP contribution in [0, 0.1) is 19.7 Å². The molecule has 4 aromatic rings. The van der Waals surface area contributed by atoms with E-state index in [1.54, 1.807) is 25.1 Å². The van der Waals surface area contributed by atoms with Gasteiger partial charge in [-0.3, -0.25) is 9.36 Å². The first kappa shape index (κ1) is 23.5. The third-order valence-electron chi connectivity index (χ3n) is 5.25. The van der Waals surface area contributed by atoms with Crippen molar-refractivity contribution < 1.29 is 13.9 Å². The van der Waals surface area contributed by atoms with Crippen LogP contribution in [0.2, 0.25) is 0 Å². The second-order valence-electron chi connectivity index (χ2n) is 7.81. The predicted molar refractivity (Wildman–Crippen MR) is 132 cm³/mol. The number of benzene rings is 3. The van der Waals surface area contributed by atoms with Crippen LogP contribution in [0.3, 0.4) is 0 Å². The number of amides is 1. The molecule has 1 amide bonds. The van der Waals surface area contributed by atoms with Crippen LogP contribution in [0.15, 0.2) is 78.0 Å². The molecule has 4 rings (SSSR count). The molecule has 1 atom stereocenters. The molecule has 0 radical (unpaired) electrons. The zero-order valence-electron chi connectivity index (χ0n) is 19.2. The minimum absolute atomic E-state index is 0.137. The molecule has 0 saturated carbocycles. The van der Waals surface area contributed by atoms with E-state index < -0.39 is 11.9 Å². The molecule has 1 unspecified atom stereocenters. The van der Waals surface area contributed by atoms with Gasteiger partial charge >= 0.3 is 0 Å². The molecular formula is C26H25FN4O2S. The molecule has 1 N–H and O–H groups in total. The monoisotopic (exact) mass is 476 g/mol. The predicted octanol–water partition coefficient (Wildman–Crippen LogP) is 5.89. The van der Waals surface area contributed by atoms with E-state index in [1.807, 2.05) is 66.9 Å². The molecule has 0 aliphatic rings. The SMILES string of the molecule is Cc1cccc(C)c1NC(=O)CSc1nnc(C(C)Oc2ccccc2F)n1-c1ccccc1. The van der Waals surface area contributed by atoms with Gasteiger partial charge in [0.05, 0.1) is 5.75 Å². The van der Waals surface area contributed by atoms with Gasteiger partial charge in [-0.2, -0.15) is 0 Å². The zero-order chi connectivity index (χ0) is 24.1. The summed E-state index contributed by atoms with van der Waals surface area (Å²) < 4.78 is 21.8. The van der Waals surface area contributed by atoms with Gasteiger partial charge in [0.2, 0.25) is 5.91 Å². The number of para-hydroxylation sites is 3. The Morgan fingerprint density at radius 2 is 1.68 bits per heavy atom. The average Bonchev–Trinajstić information content (AvgIpc) is 3.26. The lowest BCUT2D eigenvalue weighted by Crippen LogP contribution is -2.16. The van der Waals surface area contributed by atoms with Crippen LogP contribution >= 0.6 is 11.8 Å². The molecule has 6 nitrogen and oxygen atoms in total. The minimum atomic E-state index is -0.581. The fourth-order valence-electron chi connectivity index (χ4n) is 3.56. The van der Waals surface area contributed by atoms with Gasteiger partial charge in [0, 0.05) is 11.4 Å². The van der Waals surface area contributed by atoms with E-state index in [0.29, 0.717) is 11.0 Å². The lowest BCUT2D eigenvalue weighted by atomic mass is 10.1. The van der Waals surface area contributed by atoms with Gasteiger partial charge in [0.1, 0.15) is 0 Å². The van der Waals surface area contributed by atoms with Gasteiger partial charge in [0.25, 0.3) is 0 Å². The van der Waals surface area contributed by atoms with Gasteiger partial charge < -0.3 is 10.1 Å². The number of aromatic nitrogens is 3. The Morgan fingerprint density at radius 3 is 2.38 bits per heavy atom. The van der Waals surface area contributed by atoms with Gasteiger partial charge in [0.15, 0.2) is 28.7 Å². The van der Waals surface area contributed by atoms with Crippen molar-refractivity contribution in [1.29, 1.82) is 0 Å². The topological polar surface area (TPSA) is 69.0 Å². The Labute approximate surface area is 202 Å². The fourth-order valence-corrected chi connectivity index (χ4v) is 4.32. The number of anilines is 1. The molecule has 1 aromatic heterocycles. The summed E-state index contributed by atoms with van der Waals surface area (Å²) in [5.74, 6) is 0.216. The molecule has 8 heteroatoms. The summed E-state index contributed by atoms with van der Waals surface area (Å²) in [5.41, 5.74) is 3.66. The van der Waals surface area contributed by atoms with Crippen LogP contribution in [-0.4, -0.2) is 26.4 Å². The summed E-state index contributed by atoms with van der Waals surface area (Å²) in [6, 6.07) is 21.7. The van der Waals surface area contributed by atoms with Crippen LogP contribution in [0.1, 0.15) is 30.0 Å². The number of aryl methyl sites for hydroxylation is 2. The summed E-state index contributed by atoms with van der Waals surface area (Å²) in [7, 11) is 0. The lowest BCUT2D eigenvalue weighted by Gasteiger charge is -2.17. The second-order valence-corrected chi connectivity index (χ2v) is 8.75. The highest BCUT2D eigenvalue weighted by Crippen LogP contribution is 2.29. The number of rotatable bonds is 8. The van der Waals surface area contributed by atoms with Crippen LogP contribution < -0.4 is 10.1 Å². The Morgan fingerprint density at radius 1 is 1.00 bits per heavy atom. The van der Waals surface area contributed by atoms with E-state index in [1.165, 1.54) is 17.8 Å². The van der Waals surface area contributed by atoms with E-state index >= 15 is 0 Å². The van der Waals surface area contributed by atoms with Crippen molar-refractivity contribution in [2.45, 2.75) is 32.0 Å². The first-order valence-electron chi connectivity index (χ1n) is 10.8. The van der Waals surface area contributed by atoms with Crippen molar-refractivity contribution in [2.75, 3.05) is 11.1 Å². The van der Waals surface area contributed by atoms with E-state index in [4.69, 9.17) is 4.74 Å². The summed E-state index contributed by atoms with van der Waals surface area (Å²) in [4.78, 5) is 12.7. The van der Waals surface area contributed by atoms with Crippen molar-refractivity contribution in [3.63, 3.8) is 0 Å². The maximum Gasteiger partial charge on any atom is 0.234 e. The normalized spacial score (nSPS) is 11.8. The number of nitrogens with one attached hydrogen (secondary N) is 1. The molecule has 0 aliphatic heterocycles. The summed E-state index contributed by atoms with van der Waals surface area (Å²) in [6.45, 7) is 5.72. The Bertz CT molecular complexity index is 1270.